The molecule has 0 aliphatic carbocycles. The monoisotopic (exact) mass is 459 g/mol. The van der Waals surface area contributed by atoms with Crippen molar-refractivity contribution in [3.05, 3.63) is 59.2 Å². The Balaban J connectivity index is 1.62. The van der Waals surface area contributed by atoms with Gasteiger partial charge in [-0.3, -0.25) is 15.0 Å². The van der Waals surface area contributed by atoms with Gasteiger partial charge in [0.2, 0.25) is 21.8 Å². The number of carbonyl (C=O) groups excluding carboxylic acids is 2. The number of aliphatic hydroxyl groups excluding tert-OH is 1. The molecule has 3 rings (SSSR count). The average Bonchev–Trinajstić information content (AvgIpc) is 2.75. The van der Waals surface area contributed by atoms with Crippen LogP contribution in [0.1, 0.15) is 29.5 Å². The summed E-state index contributed by atoms with van der Waals surface area (Å²) in [5.41, 5.74) is 8.43. The van der Waals surface area contributed by atoms with Crippen LogP contribution in [0.4, 0.5) is 11.4 Å². The lowest BCUT2D eigenvalue weighted by atomic mass is 10.1. The van der Waals surface area contributed by atoms with Crippen LogP contribution in [-0.2, 0) is 31.9 Å². The second-order valence-corrected chi connectivity index (χ2v) is 9.15. The number of hydrogen-bond acceptors (Lipinski definition) is 6. The molecule has 0 spiro atoms. The number of benzene rings is 2. The largest absolute Gasteiger partial charge is 0.395 e. The van der Waals surface area contributed by atoms with Crippen LogP contribution < -0.4 is 20.7 Å². The maximum Gasteiger partial charge on any atom is 0.227 e. The van der Waals surface area contributed by atoms with Crippen molar-refractivity contribution >= 4 is 39.0 Å². The second kappa shape index (κ2) is 9.90. The Bertz CT molecular complexity index is 1130. The third-order valence-electron chi connectivity index (χ3n) is 5.00. The lowest BCUT2D eigenvalue weighted by Crippen LogP contribution is -2.35. The number of anilines is 2. The van der Waals surface area contributed by atoms with Gasteiger partial charge in [0.05, 0.1) is 12.4 Å². The lowest BCUT2D eigenvalue weighted by molar-refractivity contribution is -0.122. The molecule has 6 N–H and O–H groups in total. The van der Waals surface area contributed by atoms with E-state index in [2.05, 4.69) is 10.0 Å². The Kier molecular flexibility index (Phi) is 7.23. The van der Waals surface area contributed by atoms with Gasteiger partial charge in [-0.2, -0.15) is 0 Å². The zero-order chi connectivity index (χ0) is 23.3. The molecule has 170 valence electrons. The van der Waals surface area contributed by atoms with Gasteiger partial charge in [0.1, 0.15) is 5.84 Å². The number of carbonyl (C=O) groups is 2. The molecule has 0 unspecified atom stereocenters. The minimum absolute atomic E-state index is 0.0531. The van der Waals surface area contributed by atoms with E-state index in [1.54, 1.807) is 42.5 Å². The van der Waals surface area contributed by atoms with Crippen LogP contribution in [0, 0.1) is 5.41 Å². The molecule has 32 heavy (non-hydrogen) atoms. The lowest BCUT2D eigenvalue weighted by Gasteiger charge is -2.25. The average molecular weight is 460 g/mol. The predicted octanol–water partition coefficient (Wildman–Crippen LogP) is 0.648. The highest BCUT2D eigenvalue weighted by atomic mass is 32.2. The smallest absolute Gasteiger partial charge is 0.227 e. The van der Waals surface area contributed by atoms with Crippen LogP contribution in [-0.4, -0.2) is 44.3 Å². The normalized spacial score (nSPS) is 14.3. The number of amides is 2. The van der Waals surface area contributed by atoms with E-state index in [1.807, 2.05) is 0 Å². The molecular weight excluding hydrogens is 434 g/mol. The third-order valence-corrected chi connectivity index (χ3v) is 6.28. The van der Waals surface area contributed by atoms with E-state index in [-0.39, 0.29) is 55.9 Å². The van der Waals surface area contributed by atoms with Gasteiger partial charge in [-0.1, -0.05) is 6.07 Å². The van der Waals surface area contributed by atoms with Crippen molar-refractivity contribution in [2.45, 2.75) is 25.1 Å². The van der Waals surface area contributed by atoms with Gasteiger partial charge in [0.15, 0.2) is 0 Å². The number of hydrogen-bond donors (Lipinski definition) is 5. The number of rotatable bonds is 8. The molecule has 2 amide bonds. The fourth-order valence-corrected chi connectivity index (χ4v) is 4.51. The van der Waals surface area contributed by atoms with Crippen molar-refractivity contribution in [3.8, 4) is 0 Å². The third kappa shape index (κ3) is 5.90. The first-order valence-electron chi connectivity index (χ1n) is 9.93. The van der Waals surface area contributed by atoms with Crippen LogP contribution >= 0.6 is 0 Å². The topological polar surface area (TPSA) is 166 Å². The fourth-order valence-electron chi connectivity index (χ4n) is 3.34. The summed E-state index contributed by atoms with van der Waals surface area (Å²) >= 11 is 0. The van der Waals surface area contributed by atoms with Crippen molar-refractivity contribution in [2.24, 2.45) is 5.73 Å². The van der Waals surface area contributed by atoms with Crippen molar-refractivity contribution in [3.63, 3.8) is 0 Å². The number of aliphatic hydroxyl groups is 1. The molecule has 0 atom stereocenters. The van der Waals surface area contributed by atoms with Crippen molar-refractivity contribution in [1.82, 2.24) is 4.72 Å². The first-order chi connectivity index (χ1) is 15.2. The summed E-state index contributed by atoms with van der Waals surface area (Å²) in [5, 5.41) is 19.5. The van der Waals surface area contributed by atoms with Crippen molar-refractivity contribution < 1.29 is 23.1 Å². The maximum atomic E-state index is 12.8. The summed E-state index contributed by atoms with van der Waals surface area (Å²) in [6.07, 6.45) is -0.124. The number of sulfonamides is 1. The minimum atomic E-state index is -3.34. The summed E-state index contributed by atoms with van der Waals surface area (Å²) < 4.78 is 25.9. The standard InChI is InChI=1S/C21H25N5O5S/c22-21(23)14-1-4-17(5-2-14)25-19(28)7-8-20(29)26(9-10-27)18-6-3-15-13-32(30,31)24-12-16(15)11-18/h1-6,11,24,27H,7-10,12-13H2,(H3,22,23)(H,25,28). The van der Waals surface area contributed by atoms with Crippen LogP contribution in [0.3, 0.4) is 0 Å². The molecule has 2 aromatic rings. The van der Waals surface area contributed by atoms with Gasteiger partial charge in [0, 0.05) is 42.9 Å². The Morgan fingerprint density at radius 1 is 1.12 bits per heavy atom. The molecule has 1 heterocycles. The molecule has 2 aromatic carbocycles. The molecule has 0 saturated heterocycles. The Morgan fingerprint density at radius 2 is 1.84 bits per heavy atom. The molecule has 10 nitrogen and oxygen atoms in total. The molecule has 0 bridgehead atoms. The number of nitrogens with one attached hydrogen (secondary N) is 3. The quantitative estimate of drug-likeness (QED) is 0.287. The zero-order valence-corrected chi connectivity index (χ0v) is 18.1. The van der Waals surface area contributed by atoms with E-state index in [4.69, 9.17) is 11.1 Å². The van der Waals surface area contributed by atoms with Gasteiger partial charge in [-0.05, 0) is 47.5 Å². The molecule has 0 aromatic heterocycles. The molecule has 1 aliphatic rings. The number of nitrogens with zero attached hydrogens (tertiary/aromatic N) is 1. The van der Waals surface area contributed by atoms with Crippen molar-refractivity contribution in [2.75, 3.05) is 23.4 Å². The van der Waals surface area contributed by atoms with Gasteiger partial charge in [-0.15, -0.1) is 0 Å². The predicted molar refractivity (Wildman–Crippen MR) is 121 cm³/mol. The van der Waals surface area contributed by atoms with E-state index in [1.165, 1.54) is 4.90 Å². The maximum absolute atomic E-state index is 12.8. The Labute approximate surface area is 186 Å². The molecule has 1 aliphatic heterocycles. The van der Waals surface area contributed by atoms with E-state index < -0.39 is 10.0 Å². The van der Waals surface area contributed by atoms with Crippen LogP contribution in [0.15, 0.2) is 42.5 Å². The van der Waals surface area contributed by atoms with Gasteiger partial charge >= 0.3 is 0 Å². The number of amidine groups is 1. The molecule has 0 fully saturated rings. The fraction of sp³-hybridized carbons (Fsp3) is 0.286. The molecule has 0 radical (unpaired) electrons. The van der Waals surface area contributed by atoms with Crippen LogP contribution in [0.5, 0.6) is 0 Å². The summed E-state index contributed by atoms with van der Waals surface area (Å²) in [7, 11) is -3.34. The number of nitrogens with two attached hydrogens (primary N) is 1. The van der Waals surface area contributed by atoms with Gasteiger partial charge < -0.3 is 21.1 Å². The van der Waals surface area contributed by atoms with Crippen molar-refractivity contribution in [1.29, 1.82) is 5.41 Å². The first-order valence-corrected chi connectivity index (χ1v) is 11.6. The zero-order valence-electron chi connectivity index (χ0n) is 17.3. The van der Waals surface area contributed by atoms with E-state index >= 15 is 0 Å². The summed E-state index contributed by atoms with van der Waals surface area (Å²) in [6.45, 7) is -0.0703. The van der Waals surface area contributed by atoms with Gasteiger partial charge in [-0.25, -0.2) is 13.1 Å². The minimum Gasteiger partial charge on any atom is -0.395 e. The van der Waals surface area contributed by atoms with E-state index in [9.17, 15) is 23.1 Å². The SMILES string of the molecule is N=C(N)c1ccc(NC(=O)CCC(=O)N(CCO)c2ccc3c(c2)CNS(=O)(=O)C3)cc1. The van der Waals surface area contributed by atoms with Gasteiger partial charge in [0.25, 0.3) is 0 Å². The highest BCUT2D eigenvalue weighted by Gasteiger charge is 2.23. The summed E-state index contributed by atoms with van der Waals surface area (Å²) in [6, 6.07) is 11.5. The number of fused-ring (bicyclic) bond motifs is 1. The second-order valence-electron chi connectivity index (χ2n) is 7.34. The first kappa shape index (κ1) is 23.4. The molecule has 11 heteroatoms. The Morgan fingerprint density at radius 3 is 2.50 bits per heavy atom. The summed E-state index contributed by atoms with van der Waals surface area (Å²) in [4.78, 5) is 26.4. The van der Waals surface area contributed by atoms with Crippen LogP contribution in [0.25, 0.3) is 0 Å². The van der Waals surface area contributed by atoms with E-state index in [0.717, 1.165) is 5.56 Å². The van der Waals surface area contributed by atoms with Crippen LogP contribution in [0.2, 0.25) is 0 Å². The van der Waals surface area contributed by atoms with E-state index in [0.29, 0.717) is 22.5 Å². The highest BCUT2D eigenvalue weighted by molar-refractivity contribution is 7.88. The summed E-state index contributed by atoms with van der Waals surface area (Å²) in [5.74, 6) is -0.878. The Hall–Kier alpha value is -3.28. The molecule has 0 saturated carbocycles. The molecular formula is C21H25N5O5S. The number of nitrogen functional groups attached to an aromatic ring is 1. The highest BCUT2D eigenvalue weighted by Crippen LogP contribution is 2.25.